The lowest BCUT2D eigenvalue weighted by molar-refractivity contribution is -0.135. The molecular formula is C23H22N2O4S2. The van der Waals surface area contributed by atoms with Crippen molar-refractivity contribution in [2.24, 2.45) is 0 Å². The maximum Gasteiger partial charge on any atom is 0.333 e. The third-order valence-electron chi connectivity index (χ3n) is 5.07. The highest BCUT2D eigenvalue weighted by Crippen LogP contribution is 2.31. The minimum Gasteiger partial charge on any atom is -0.463 e. The number of nitrogens with zero attached hydrogens (tertiary/aromatic N) is 2. The Bertz CT molecular complexity index is 1290. The second-order valence-corrected chi connectivity index (χ2v) is 9.08. The molecule has 0 spiro atoms. The molecule has 8 heteroatoms. The summed E-state index contributed by atoms with van der Waals surface area (Å²) in [7, 11) is 0. The fourth-order valence-electron chi connectivity index (χ4n) is 3.74. The van der Waals surface area contributed by atoms with Crippen LogP contribution in [0.2, 0.25) is 0 Å². The summed E-state index contributed by atoms with van der Waals surface area (Å²) in [5.74, 6) is -0.718. The van der Waals surface area contributed by atoms with Crippen molar-refractivity contribution in [3.05, 3.63) is 71.8 Å². The number of rotatable bonds is 5. The molecule has 1 amide bonds. The van der Waals surface area contributed by atoms with Gasteiger partial charge in [0.25, 0.3) is 5.56 Å². The minimum absolute atomic E-state index is 0.00793. The zero-order valence-electron chi connectivity index (χ0n) is 17.2. The molecule has 0 radical (unpaired) electrons. The molecule has 3 aromatic rings. The van der Waals surface area contributed by atoms with Crippen LogP contribution in [0, 0.1) is 0 Å². The summed E-state index contributed by atoms with van der Waals surface area (Å²) in [6, 6.07) is 9.73. The van der Waals surface area contributed by atoms with E-state index in [1.165, 1.54) is 33.3 Å². The van der Waals surface area contributed by atoms with Gasteiger partial charge in [0, 0.05) is 11.7 Å². The van der Waals surface area contributed by atoms with Gasteiger partial charge < -0.3 is 9.64 Å². The van der Waals surface area contributed by atoms with Crippen molar-refractivity contribution in [3.8, 4) is 0 Å². The number of benzene rings is 1. The van der Waals surface area contributed by atoms with E-state index in [9.17, 15) is 14.4 Å². The van der Waals surface area contributed by atoms with E-state index in [0.717, 1.165) is 23.2 Å². The van der Waals surface area contributed by atoms with Crippen LogP contribution < -0.4 is 19.7 Å². The molecule has 3 heterocycles. The predicted molar refractivity (Wildman–Crippen MR) is 124 cm³/mol. The molecular weight excluding hydrogens is 432 g/mol. The third kappa shape index (κ3) is 4.40. The Hall–Kier alpha value is -2.97. The Kier molecular flexibility index (Phi) is 6.20. The smallest absolute Gasteiger partial charge is 0.333 e. The number of thiazole rings is 1. The Morgan fingerprint density at radius 2 is 2.06 bits per heavy atom. The highest BCUT2D eigenvalue weighted by molar-refractivity contribution is 7.08. The molecule has 0 unspecified atom stereocenters. The van der Waals surface area contributed by atoms with Crippen molar-refractivity contribution in [3.63, 3.8) is 0 Å². The zero-order chi connectivity index (χ0) is 22.0. The quantitative estimate of drug-likeness (QED) is 0.554. The molecule has 0 saturated carbocycles. The number of fused-ring (bicyclic) bond motifs is 1. The molecule has 4 rings (SSSR count). The summed E-state index contributed by atoms with van der Waals surface area (Å²) >= 11 is 2.72. The molecule has 0 bridgehead atoms. The van der Waals surface area contributed by atoms with Crippen LogP contribution in [-0.2, 0) is 27.3 Å². The second-order valence-electron chi connectivity index (χ2n) is 7.24. The highest BCUT2D eigenvalue weighted by atomic mass is 32.1. The van der Waals surface area contributed by atoms with E-state index < -0.39 is 5.97 Å². The van der Waals surface area contributed by atoms with E-state index >= 15 is 0 Å². The van der Waals surface area contributed by atoms with Gasteiger partial charge in [0.1, 0.15) is 11.2 Å². The van der Waals surface area contributed by atoms with E-state index in [-0.39, 0.29) is 30.7 Å². The summed E-state index contributed by atoms with van der Waals surface area (Å²) < 4.78 is 7.26. The first-order valence-electron chi connectivity index (χ1n) is 10.00. The second kappa shape index (κ2) is 9.03. The normalized spacial score (nSPS) is 16.6. The molecule has 1 aromatic carbocycles. The molecule has 0 aliphatic carbocycles. The van der Waals surface area contributed by atoms with Crippen molar-refractivity contribution < 1.29 is 14.3 Å². The van der Waals surface area contributed by atoms with Crippen molar-refractivity contribution in [1.29, 1.82) is 0 Å². The first kappa shape index (κ1) is 21.3. The van der Waals surface area contributed by atoms with Gasteiger partial charge >= 0.3 is 5.97 Å². The van der Waals surface area contributed by atoms with Gasteiger partial charge in [-0.3, -0.25) is 14.2 Å². The number of carbonyl (C=O) groups excluding carboxylic acids is 2. The Labute approximate surface area is 187 Å². The molecule has 2 aromatic heterocycles. The summed E-state index contributed by atoms with van der Waals surface area (Å²) in [4.78, 5) is 40.2. The fourth-order valence-corrected chi connectivity index (χ4v) is 5.39. The minimum atomic E-state index is -0.535. The first-order chi connectivity index (χ1) is 15.0. The number of thiophene rings is 1. The number of aromatic nitrogens is 1. The van der Waals surface area contributed by atoms with Crippen LogP contribution >= 0.6 is 22.7 Å². The van der Waals surface area contributed by atoms with Gasteiger partial charge in [-0.1, -0.05) is 18.2 Å². The maximum absolute atomic E-state index is 13.3. The maximum atomic E-state index is 13.3. The number of para-hydroxylation sites is 1. The van der Waals surface area contributed by atoms with Gasteiger partial charge in [0.2, 0.25) is 5.91 Å². The average molecular weight is 455 g/mol. The van der Waals surface area contributed by atoms with Gasteiger partial charge in [-0.25, -0.2) is 4.79 Å². The molecule has 1 aliphatic heterocycles. The largest absolute Gasteiger partial charge is 0.463 e. The molecule has 0 fully saturated rings. The van der Waals surface area contributed by atoms with Crippen LogP contribution in [0.15, 0.2) is 45.9 Å². The lowest BCUT2D eigenvalue weighted by Gasteiger charge is -2.22. The summed E-state index contributed by atoms with van der Waals surface area (Å²) in [6.07, 6.45) is 3.84. The number of amides is 1. The van der Waals surface area contributed by atoms with Gasteiger partial charge in [0.05, 0.1) is 17.2 Å². The van der Waals surface area contributed by atoms with Gasteiger partial charge in [0.15, 0.2) is 0 Å². The van der Waals surface area contributed by atoms with Crippen LogP contribution in [0.3, 0.4) is 0 Å². The lowest BCUT2D eigenvalue weighted by Crippen LogP contribution is -2.42. The van der Waals surface area contributed by atoms with Gasteiger partial charge in [-0.2, -0.15) is 11.3 Å². The van der Waals surface area contributed by atoms with E-state index in [1.807, 2.05) is 48.0 Å². The Morgan fingerprint density at radius 3 is 2.81 bits per heavy atom. The van der Waals surface area contributed by atoms with Crippen LogP contribution in [0.25, 0.3) is 12.2 Å². The van der Waals surface area contributed by atoms with Crippen LogP contribution in [0.1, 0.15) is 25.0 Å². The van der Waals surface area contributed by atoms with Crippen LogP contribution in [0.4, 0.5) is 5.69 Å². The number of hydrogen-bond acceptors (Lipinski definition) is 6. The number of hydrogen-bond donors (Lipinski definition) is 0. The predicted octanol–water partition coefficient (Wildman–Crippen LogP) is 2.12. The first-order valence-corrected chi connectivity index (χ1v) is 11.8. The molecule has 0 N–H and O–H groups in total. The van der Waals surface area contributed by atoms with Crippen LogP contribution in [0.5, 0.6) is 0 Å². The van der Waals surface area contributed by atoms with Gasteiger partial charge in [-0.05, 0) is 60.4 Å². The third-order valence-corrected chi connectivity index (χ3v) is 6.84. The molecule has 31 heavy (non-hydrogen) atoms. The van der Waals surface area contributed by atoms with E-state index in [1.54, 1.807) is 17.9 Å². The SMILES string of the molecule is CCOC(=O)/C=c1\s/c(=C\c2ccsc2)c(=O)n1CC(=O)N1c2ccccc2C[C@H]1C. The number of carbonyl (C=O) groups is 2. The molecule has 0 saturated heterocycles. The zero-order valence-corrected chi connectivity index (χ0v) is 18.9. The van der Waals surface area contributed by atoms with Gasteiger partial charge in [-0.15, -0.1) is 11.3 Å². The molecule has 1 aliphatic rings. The van der Waals surface area contributed by atoms with Crippen molar-refractivity contribution >= 4 is 52.4 Å². The topological polar surface area (TPSA) is 68.6 Å². The van der Waals surface area contributed by atoms with Crippen molar-refractivity contribution in [2.45, 2.75) is 32.9 Å². The molecule has 1 atom stereocenters. The van der Waals surface area contributed by atoms with Crippen molar-refractivity contribution in [1.82, 2.24) is 4.57 Å². The van der Waals surface area contributed by atoms with E-state index in [0.29, 0.717) is 9.20 Å². The standard InChI is InChI=1S/C23H22N2O4S2/c1-3-29-22(27)12-21-24(23(28)19(31-21)11-16-8-9-30-14-16)13-20(26)25-15(2)10-17-6-4-5-7-18(17)25/h4-9,11-12,14-15H,3,10,13H2,1-2H3/b19-11-,21-12-/t15-/m1/s1. The van der Waals surface area contributed by atoms with Crippen LogP contribution in [-0.4, -0.2) is 29.1 Å². The number of ether oxygens (including phenoxy) is 1. The number of anilines is 1. The summed E-state index contributed by atoms with van der Waals surface area (Å²) in [5.41, 5.74) is 2.61. The molecule has 6 nitrogen and oxygen atoms in total. The fraction of sp³-hybridized carbons (Fsp3) is 0.261. The van der Waals surface area contributed by atoms with E-state index in [4.69, 9.17) is 4.74 Å². The summed E-state index contributed by atoms with van der Waals surface area (Å²) in [5, 5.41) is 3.87. The molecule has 160 valence electrons. The lowest BCUT2D eigenvalue weighted by atomic mass is 10.1. The summed E-state index contributed by atoms with van der Waals surface area (Å²) in [6.45, 7) is 3.81. The Balaban J connectivity index is 1.75. The highest BCUT2D eigenvalue weighted by Gasteiger charge is 2.30. The number of esters is 1. The average Bonchev–Trinajstić information content (AvgIpc) is 3.43. The van der Waals surface area contributed by atoms with Crippen molar-refractivity contribution in [2.75, 3.05) is 11.5 Å². The monoisotopic (exact) mass is 454 g/mol. The Morgan fingerprint density at radius 1 is 1.26 bits per heavy atom. The van der Waals surface area contributed by atoms with E-state index in [2.05, 4.69) is 0 Å².